The molecule has 2 aromatic rings. The average Bonchev–Trinajstić information content (AvgIpc) is 3.19. The number of aliphatic hydroxyl groups is 1. The minimum atomic E-state index is -1.54. The third kappa shape index (κ3) is 7.28. The van der Waals surface area contributed by atoms with Crippen LogP contribution in [0, 0.1) is 11.6 Å². The molecule has 0 unspecified atom stereocenters. The second-order valence-corrected chi connectivity index (χ2v) is 10.0. The minimum absolute atomic E-state index is 0.0254. The van der Waals surface area contributed by atoms with E-state index in [9.17, 15) is 18.4 Å². The molecule has 0 saturated heterocycles. The maximum absolute atomic E-state index is 14.1. The summed E-state index contributed by atoms with van der Waals surface area (Å²) in [7, 11) is 0. The highest BCUT2D eigenvalue weighted by atomic mass is 19.1. The summed E-state index contributed by atoms with van der Waals surface area (Å²) in [5.41, 5.74) is -1.94. The highest BCUT2D eigenvalue weighted by Crippen LogP contribution is 2.34. The van der Waals surface area contributed by atoms with Crippen molar-refractivity contribution < 1.29 is 37.7 Å². The Morgan fingerprint density at radius 1 is 1.13 bits per heavy atom. The lowest BCUT2D eigenvalue weighted by Gasteiger charge is -2.28. The van der Waals surface area contributed by atoms with Gasteiger partial charge in [-0.2, -0.15) is 0 Å². The highest BCUT2D eigenvalue weighted by molar-refractivity contribution is 6.00. The van der Waals surface area contributed by atoms with Crippen molar-refractivity contribution in [3.05, 3.63) is 65.2 Å². The van der Waals surface area contributed by atoms with Gasteiger partial charge in [0.1, 0.15) is 29.1 Å². The number of hydrogen-bond donors (Lipinski definition) is 2. The summed E-state index contributed by atoms with van der Waals surface area (Å²) in [6.45, 7) is 6.87. The second-order valence-electron chi connectivity index (χ2n) is 10.0. The fourth-order valence-corrected chi connectivity index (χ4v) is 3.96. The van der Waals surface area contributed by atoms with Crippen molar-refractivity contribution in [2.45, 2.75) is 70.7 Å². The SMILES string of the molecule is C[C@H]1OC(c2ccc(OCCCO)cc2)=N[C@@]1(CCC(=O)OC(C)(C)C)C(=O)NCc1c(F)cccc1F. The van der Waals surface area contributed by atoms with Crippen LogP contribution in [0.4, 0.5) is 8.78 Å². The maximum Gasteiger partial charge on any atom is 0.306 e. The molecule has 206 valence electrons. The Hall–Kier alpha value is -3.53. The van der Waals surface area contributed by atoms with Gasteiger partial charge >= 0.3 is 5.97 Å². The van der Waals surface area contributed by atoms with Crippen LogP contribution in [0.3, 0.4) is 0 Å². The Bertz CT molecular complexity index is 1140. The van der Waals surface area contributed by atoms with Gasteiger partial charge in [-0.05, 0) is 70.5 Å². The number of rotatable bonds is 11. The van der Waals surface area contributed by atoms with Crippen molar-refractivity contribution in [3.63, 3.8) is 0 Å². The van der Waals surface area contributed by atoms with Gasteiger partial charge in [-0.3, -0.25) is 9.59 Å². The van der Waals surface area contributed by atoms with Gasteiger partial charge in [0.05, 0.1) is 6.61 Å². The normalized spacial score (nSPS) is 18.9. The molecule has 0 spiro atoms. The number of aliphatic hydroxyl groups excluding tert-OH is 1. The van der Waals surface area contributed by atoms with Gasteiger partial charge in [-0.1, -0.05) is 6.07 Å². The summed E-state index contributed by atoms with van der Waals surface area (Å²) < 4.78 is 45.2. The number of carbonyl (C=O) groups excluding carboxylic acids is 2. The molecule has 0 fully saturated rings. The number of carbonyl (C=O) groups is 2. The largest absolute Gasteiger partial charge is 0.494 e. The fourth-order valence-electron chi connectivity index (χ4n) is 3.96. The number of halogens is 2. The van der Waals surface area contributed by atoms with E-state index >= 15 is 0 Å². The number of esters is 1. The van der Waals surface area contributed by atoms with Gasteiger partial charge in [0.2, 0.25) is 5.90 Å². The lowest BCUT2D eigenvalue weighted by molar-refractivity contribution is -0.155. The zero-order chi connectivity index (χ0) is 27.9. The summed E-state index contributed by atoms with van der Waals surface area (Å²) in [5.74, 6) is -1.92. The molecule has 2 N–H and O–H groups in total. The molecule has 2 aromatic carbocycles. The van der Waals surface area contributed by atoms with Gasteiger partial charge in [0.15, 0.2) is 5.54 Å². The molecule has 3 rings (SSSR count). The van der Waals surface area contributed by atoms with Crippen molar-refractivity contribution in [2.24, 2.45) is 4.99 Å². The van der Waals surface area contributed by atoms with E-state index in [1.54, 1.807) is 52.0 Å². The topological polar surface area (TPSA) is 106 Å². The minimum Gasteiger partial charge on any atom is -0.494 e. The molecule has 0 aliphatic carbocycles. The zero-order valence-electron chi connectivity index (χ0n) is 22.1. The number of nitrogens with zero attached hydrogens (tertiary/aromatic N) is 1. The van der Waals surface area contributed by atoms with Gasteiger partial charge in [0, 0.05) is 37.1 Å². The van der Waals surface area contributed by atoms with Crippen LogP contribution in [-0.4, -0.2) is 53.3 Å². The van der Waals surface area contributed by atoms with E-state index < -0.39 is 47.3 Å². The number of amides is 1. The summed E-state index contributed by atoms with van der Waals surface area (Å²) in [5, 5.41) is 11.5. The van der Waals surface area contributed by atoms with Crippen LogP contribution >= 0.6 is 0 Å². The first-order valence-electron chi connectivity index (χ1n) is 12.5. The fraction of sp³-hybridized carbons (Fsp3) is 0.464. The standard InChI is InChI=1S/C28H34F2N2O6/c1-18-28(14-13-24(34)38-27(2,3)4,26(35)31-17-21-22(29)7-5-8-23(21)30)32-25(37-18)19-9-11-20(12-10-19)36-16-6-15-33/h5,7-12,18,33H,6,13-17H2,1-4H3,(H,31,35)/t18-,28-/m1/s1. The molecule has 0 aromatic heterocycles. The quantitative estimate of drug-likeness (QED) is 0.334. The van der Waals surface area contributed by atoms with E-state index in [4.69, 9.17) is 19.3 Å². The molecule has 1 amide bonds. The van der Waals surface area contributed by atoms with Gasteiger partial charge in [-0.15, -0.1) is 0 Å². The average molecular weight is 533 g/mol. The van der Waals surface area contributed by atoms with Crippen LogP contribution in [0.1, 0.15) is 58.1 Å². The number of benzene rings is 2. The Morgan fingerprint density at radius 2 is 1.79 bits per heavy atom. The third-order valence-electron chi connectivity index (χ3n) is 5.95. The molecule has 8 nitrogen and oxygen atoms in total. The van der Waals surface area contributed by atoms with Crippen LogP contribution in [0.25, 0.3) is 0 Å². The van der Waals surface area contributed by atoms with Crippen molar-refractivity contribution in [1.82, 2.24) is 5.32 Å². The summed E-state index contributed by atoms with van der Waals surface area (Å²) in [6, 6.07) is 10.3. The first kappa shape index (κ1) is 29.0. The molecule has 1 aliphatic heterocycles. The monoisotopic (exact) mass is 532 g/mol. The first-order chi connectivity index (χ1) is 17.9. The van der Waals surface area contributed by atoms with E-state index in [0.29, 0.717) is 24.3 Å². The summed E-state index contributed by atoms with van der Waals surface area (Å²) in [6.07, 6.45) is -0.450. The van der Waals surface area contributed by atoms with Crippen LogP contribution in [0.15, 0.2) is 47.5 Å². The van der Waals surface area contributed by atoms with Crippen molar-refractivity contribution >= 4 is 17.8 Å². The number of ether oxygens (including phenoxy) is 3. The van der Waals surface area contributed by atoms with Crippen LogP contribution in [0.2, 0.25) is 0 Å². The van der Waals surface area contributed by atoms with E-state index in [1.165, 1.54) is 6.07 Å². The van der Waals surface area contributed by atoms with E-state index in [2.05, 4.69) is 10.3 Å². The second kappa shape index (κ2) is 12.3. The Kier molecular flexibility index (Phi) is 9.43. The molecular weight excluding hydrogens is 498 g/mol. The predicted molar refractivity (Wildman–Crippen MR) is 137 cm³/mol. The smallest absolute Gasteiger partial charge is 0.306 e. The van der Waals surface area contributed by atoms with Crippen LogP contribution in [-0.2, 0) is 25.6 Å². The molecule has 1 heterocycles. The van der Waals surface area contributed by atoms with E-state index in [1.807, 2.05) is 0 Å². The summed E-state index contributed by atoms with van der Waals surface area (Å²) in [4.78, 5) is 30.6. The molecule has 10 heteroatoms. The van der Waals surface area contributed by atoms with Crippen molar-refractivity contribution in [1.29, 1.82) is 0 Å². The van der Waals surface area contributed by atoms with Gasteiger partial charge in [0.25, 0.3) is 5.91 Å². The number of nitrogens with one attached hydrogen (secondary N) is 1. The molecular formula is C28H34F2N2O6. The molecule has 0 saturated carbocycles. The van der Waals surface area contributed by atoms with Crippen molar-refractivity contribution in [2.75, 3.05) is 13.2 Å². The maximum atomic E-state index is 14.1. The molecule has 2 atom stereocenters. The highest BCUT2D eigenvalue weighted by Gasteiger charge is 2.50. The lowest BCUT2D eigenvalue weighted by Crippen LogP contribution is -2.51. The molecule has 0 radical (unpaired) electrons. The predicted octanol–water partition coefficient (Wildman–Crippen LogP) is 4.07. The van der Waals surface area contributed by atoms with Crippen LogP contribution < -0.4 is 10.1 Å². The first-order valence-corrected chi connectivity index (χ1v) is 12.5. The van der Waals surface area contributed by atoms with Crippen LogP contribution in [0.5, 0.6) is 5.75 Å². The van der Waals surface area contributed by atoms with Gasteiger partial charge < -0.3 is 24.6 Å². The van der Waals surface area contributed by atoms with E-state index in [-0.39, 0.29) is 30.9 Å². The Labute approximate surface area is 221 Å². The molecule has 38 heavy (non-hydrogen) atoms. The summed E-state index contributed by atoms with van der Waals surface area (Å²) >= 11 is 0. The Balaban J connectivity index is 1.85. The third-order valence-corrected chi connectivity index (χ3v) is 5.95. The number of aliphatic imine (C=N–C) groups is 1. The molecule has 1 aliphatic rings. The number of hydrogen-bond acceptors (Lipinski definition) is 7. The lowest BCUT2D eigenvalue weighted by atomic mass is 9.87. The van der Waals surface area contributed by atoms with Crippen molar-refractivity contribution in [3.8, 4) is 5.75 Å². The Morgan fingerprint density at radius 3 is 2.39 bits per heavy atom. The van der Waals surface area contributed by atoms with E-state index in [0.717, 1.165) is 12.1 Å². The zero-order valence-corrected chi connectivity index (χ0v) is 22.1. The van der Waals surface area contributed by atoms with Gasteiger partial charge in [-0.25, -0.2) is 13.8 Å². The molecule has 0 bridgehead atoms.